The summed E-state index contributed by atoms with van der Waals surface area (Å²) >= 11 is 7.17. The molecule has 0 fully saturated rings. The Hall–Kier alpha value is -3.57. The van der Waals surface area contributed by atoms with E-state index in [-0.39, 0.29) is 13.2 Å². The van der Waals surface area contributed by atoms with Gasteiger partial charge in [0.15, 0.2) is 0 Å². The summed E-state index contributed by atoms with van der Waals surface area (Å²) in [5.74, 6) is -0.964. The maximum Gasteiger partial charge on any atom is 0.348 e. The molecule has 0 bridgehead atoms. The second-order valence-electron chi connectivity index (χ2n) is 6.68. The fourth-order valence-corrected chi connectivity index (χ4v) is 4.35. The molecule has 0 saturated carbocycles. The maximum atomic E-state index is 13.0. The van der Waals surface area contributed by atoms with Crippen molar-refractivity contribution in [1.82, 2.24) is 24.3 Å². The maximum absolute atomic E-state index is 13.0. The van der Waals surface area contributed by atoms with Gasteiger partial charge in [0.2, 0.25) is 5.91 Å². The molecular weight excluding hydrogens is 456 g/mol. The van der Waals surface area contributed by atoms with Gasteiger partial charge in [0.05, 0.1) is 29.7 Å². The Bertz CT molecular complexity index is 1380. The van der Waals surface area contributed by atoms with Crippen LogP contribution in [0.2, 0.25) is 5.02 Å². The number of ether oxygens (including phenoxy) is 1. The lowest BCUT2D eigenvalue weighted by atomic mass is 10.2. The second kappa shape index (κ2) is 8.89. The zero-order chi connectivity index (χ0) is 22.8. The Morgan fingerprint density at radius 3 is 2.81 bits per heavy atom. The van der Waals surface area contributed by atoms with E-state index in [2.05, 4.69) is 20.4 Å². The van der Waals surface area contributed by atoms with Crippen molar-refractivity contribution in [2.75, 3.05) is 11.9 Å². The molecule has 1 aromatic carbocycles. The van der Waals surface area contributed by atoms with Crippen molar-refractivity contribution >= 4 is 50.7 Å². The number of carbonyl (C=O) groups is 2. The molecule has 12 heteroatoms. The molecule has 3 heterocycles. The van der Waals surface area contributed by atoms with Crippen molar-refractivity contribution in [2.45, 2.75) is 20.4 Å². The number of nitrogens with one attached hydrogen (secondary N) is 1. The zero-order valence-electron chi connectivity index (χ0n) is 17.0. The number of anilines is 1. The Balaban J connectivity index is 1.62. The van der Waals surface area contributed by atoms with Crippen LogP contribution in [0.4, 0.5) is 5.69 Å². The van der Waals surface area contributed by atoms with E-state index >= 15 is 0 Å². The predicted octanol–water partition coefficient (Wildman–Crippen LogP) is 2.82. The molecule has 164 valence electrons. The molecular formula is C20H17ClN6O4S. The molecule has 0 saturated heterocycles. The normalized spacial score (nSPS) is 11.0. The van der Waals surface area contributed by atoms with Gasteiger partial charge in [0, 0.05) is 5.02 Å². The number of aryl methyl sites for hydroxylation is 1. The molecule has 32 heavy (non-hydrogen) atoms. The Labute approximate surface area is 190 Å². The fraction of sp³-hybridized carbons (Fsp3) is 0.200. The molecule has 0 spiro atoms. The van der Waals surface area contributed by atoms with Gasteiger partial charge in [-0.2, -0.15) is 5.10 Å². The van der Waals surface area contributed by atoms with Crippen LogP contribution in [0.25, 0.3) is 15.9 Å². The number of carbonyl (C=O) groups excluding carboxylic acids is 2. The lowest BCUT2D eigenvalue weighted by Crippen LogP contribution is -2.28. The summed E-state index contributed by atoms with van der Waals surface area (Å²) in [7, 11) is 0. The van der Waals surface area contributed by atoms with Gasteiger partial charge < -0.3 is 10.1 Å². The van der Waals surface area contributed by atoms with Crippen LogP contribution in [0.5, 0.6) is 0 Å². The summed E-state index contributed by atoms with van der Waals surface area (Å²) in [4.78, 5) is 46.7. The number of benzene rings is 1. The van der Waals surface area contributed by atoms with Gasteiger partial charge in [-0.1, -0.05) is 11.6 Å². The number of thiophene rings is 1. The molecule has 0 atom stereocenters. The van der Waals surface area contributed by atoms with E-state index < -0.39 is 17.4 Å². The highest BCUT2D eigenvalue weighted by molar-refractivity contribution is 7.20. The summed E-state index contributed by atoms with van der Waals surface area (Å²) in [5.41, 5.74) is 1.04. The Morgan fingerprint density at radius 2 is 2.09 bits per heavy atom. The van der Waals surface area contributed by atoms with Crippen molar-refractivity contribution in [1.29, 1.82) is 0 Å². The first-order valence-electron chi connectivity index (χ1n) is 9.49. The minimum atomic E-state index is -0.502. The molecule has 3 aromatic heterocycles. The van der Waals surface area contributed by atoms with Crippen LogP contribution in [0.1, 0.15) is 22.2 Å². The summed E-state index contributed by atoms with van der Waals surface area (Å²) in [6.07, 6.45) is 4.14. The molecule has 10 nitrogen and oxygen atoms in total. The van der Waals surface area contributed by atoms with E-state index in [1.165, 1.54) is 28.2 Å². The summed E-state index contributed by atoms with van der Waals surface area (Å²) in [5, 5.41) is 7.52. The highest BCUT2D eigenvalue weighted by Crippen LogP contribution is 2.27. The van der Waals surface area contributed by atoms with Gasteiger partial charge >= 0.3 is 5.97 Å². The van der Waals surface area contributed by atoms with Crippen molar-refractivity contribution in [3.8, 4) is 5.69 Å². The largest absolute Gasteiger partial charge is 0.462 e. The fourth-order valence-electron chi connectivity index (χ4n) is 3.15. The third-order valence-electron chi connectivity index (χ3n) is 4.59. The van der Waals surface area contributed by atoms with Crippen LogP contribution < -0.4 is 10.9 Å². The number of hydrogen-bond acceptors (Lipinski definition) is 8. The van der Waals surface area contributed by atoms with E-state index in [0.29, 0.717) is 37.1 Å². The first-order valence-corrected chi connectivity index (χ1v) is 10.7. The summed E-state index contributed by atoms with van der Waals surface area (Å²) < 4.78 is 7.71. The molecule has 0 radical (unpaired) electrons. The predicted molar refractivity (Wildman–Crippen MR) is 120 cm³/mol. The Kier molecular flexibility index (Phi) is 6.01. The minimum absolute atomic E-state index is 0.227. The number of esters is 1. The van der Waals surface area contributed by atoms with Crippen LogP contribution in [-0.4, -0.2) is 42.8 Å². The molecule has 0 aliphatic carbocycles. The average molecular weight is 473 g/mol. The van der Waals surface area contributed by atoms with Crippen molar-refractivity contribution in [3.05, 3.63) is 63.0 Å². The van der Waals surface area contributed by atoms with Crippen molar-refractivity contribution in [2.24, 2.45) is 0 Å². The minimum Gasteiger partial charge on any atom is -0.462 e. The first-order chi connectivity index (χ1) is 15.4. The molecule has 1 amide bonds. The number of fused-ring (bicyclic) bond motifs is 1. The summed E-state index contributed by atoms with van der Waals surface area (Å²) in [6.45, 7) is 3.31. The van der Waals surface area contributed by atoms with Gasteiger partial charge in [-0.25, -0.2) is 19.4 Å². The van der Waals surface area contributed by atoms with Gasteiger partial charge in [-0.05, 0) is 37.6 Å². The Morgan fingerprint density at radius 1 is 1.28 bits per heavy atom. The average Bonchev–Trinajstić information content (AvgIpc) is 3.39. The molecule has 1 N–H and O–H groups in total. The van der Waals surface area contributed by atoms with Gasteiger partial charge in [-0.3, -0.25) is 14.2 Å². The zero-order valence-corrected chi connectivity index (χ0v) is 18.6. The SMILES string of the molecule is CCOC(=O)c1sc2ncn(CC(=O)Nc3cc(Cl)ccc3-n3cncn3)c(=O)c2c1C. The second-order valence-corrected chi connectivity index (χ2v) is 8.12. The number of rotatable bonds is 6. The van der Waals surface area contributed by atoms with Gasteiger partial charge in [0.1, 0.15) is 28.9 Å². The lowest BCUT2D eigenvalue weighted by molar-refractivity contribution is -0.116. The van der Waals surface area contributed by atoms with Crippen LogP contribution >= 0.6 is 22.9 Å². The van der Waals surface area contributed by atoms with Crippen LogP contribution in [-0.2, 0) is 16.1 Å². The molecule has 4 rings (SSSR count). The van der Waals surface area contributed by atoms with E-state index in [1.807, 2.05) is 0 Å². The van der Waals surface area contributed by atoms with Crippen molar-refractivity contribution < 1.29 is 14.3 Å². The standard InChI is InChI=1S/C20H17ClN6O4S/c1-3-31-20(30)17-11(2)16-18(32-17)23-10-26(19(16)29)7-15(28)25-13-6-12(21)4-5-14(13)27-9-22-8-24-27/h4-6,8-10H,3,7H2,1-2H3,(H,25,28). The highest BCUT2D eigenvalue weighted by Gasteiger charge is 2.21. The molecule has 0 aliphatic heterocycles. The third kappa shape index (κ3) is 4.12. The monoisotopic (exact) mass is 472 g/mol. The molecule has 4 aromatic rings. The van der Waals surface area contributed by atoms with Crippen molar-refractivity contribution in [3.63, 3.8) is 0 Å². The van der Waals surface area contributed by atoms with Gasteiger partial charge in [-0.15, -0.1) is 11.3 Å². The highest BCUT2D eigenvalue weighted by atomic mass is 35.5. The smallest absolute Gasteiger partial charge is 0.348 e. The summed E-state index contributed by atoms with van der Waals surface area (Å²) in [6, 6.07) is 4.93. The van der Waals surface area contributed by atoms with Crippen LogP contribution in [0, 0.1) is 6.92 Å². The van der Waals surface area contributed by atoms with Gasteiger partial charge in [0.25, 0.3) is 5.56 Å². The van der Waals surface area contributed by atoms with E-state index in [1.54, 1.807) is 32.0 Å². The van der Waals surface area contributed by atoms with Crippen LogP contribution in [0.15, 0.2) is 42.0 Å². The molecule has 0 aliphatic rings. The van der Waals surface area contributed by atoms with E-state index in [4.69, 9.17) is 16.3 Å². The molecule has 0 unspecified atom stereocenters. The first kappa shape index (κ1) is 21.7. The topological polar surface area (TPSA) is 121 Å². The third-order valence-corrected chi connectivity index (χ3v) is 6.01. The number of amides is 1. The number of aromatic nitrogens is 5. The van der Waals surface area contributed by atoms with E-state index in [9.17, 15) is 14.4 Å². The number of hydrogen-bond donors (Lipinski definition) is 1. The number of halogens is 1. The van der Waals surface area contributed by atoms with Crippen LogP contribution in [0.3, 0.4) is 0 Å². The lowest BCUT2D eigenvalue weighted by Gasteiger charge is -2.12. The quantitative estimate of drug-likeness (QED) is 0.428. The number of nitrogens with zero attached hydrogens (tertiary/aromatic N) is 5. The van der Waals surface area contributed by atoms with E-state index in [0.717, 1.165) is 11.3 Å².